The van der Waals surface area contributed by atoms with Gasteiger partial charge in [0.2, 0.25) is 0 Å². The van der Waals surface area contributed by atoms with Gasteiger partial charge in [0.05, 0.1) is 0 Å². The van der Waals surface area contributed by atoms with Crippen molar-refractivity contribution >= 4 is 0 Å². The van der Waals surface area contributed by atoms with E-state index in [1.165, 1.54) is 12.8 Å². The highest BCUT2D eigenvalue weighted by molar-refractivity contribution is 5.11. The van der Waals surface area contributed by atoms with Crippen LogP contribution in [0.5, 0.6) is 0 Å². The molecule has 0 N–H and O–H groups in total. The molecular formula is C11H20. The molecular weight excluding hydrogens is 132 g/mol. The van der Waals surface area contributed by atoms with Crippen molar-refractivity contribution in [1.29, 1.82) is 0 Å². The van der Waals surface area contributed by atoms with Crippen LogP contribution < -0.4 is 0 Å². The second kappa shape index (κ2) is 6.21. The van der Waals surface area contributed by atoms with E-state index >= 15 is 0 Å². The van der Waals surface area contributed by atoms with Crippen molar-refractivity contribution in [3.8, 4) is 0 Å². The highest BCUT2D eigenvalue weighted by Crippen LogP contribution is 2.13. The molecule has 0 heteroatoms. The van der Waals surface area contributed by atoms with Gasteiger partial charge in [0.1, 0.15) is 0 Å². The van der Waals surface area contributed by atoms with Gasteiger partial charge in [0.25, 0.3) is 0 Å². The third-order valence-electron chi connectivity index (χ3n) is 1.65. The Hall–Kier alpha value is -0.520. The van der Waals surface area contributed by atoms with E-state index < -0.39 is 0 Å². The molecule has 64 valence electrons. The van der Waals surface area contributed by atoms with Gasteiger partial charge in [-0.25, -0.2) is 0 Å². The van der Waals surface area contributed by atoms with Crippen LogP contribution in [0.15, 0.2) is 23.8 Å². The molecule has 0 aromatic heterocycles. The average molecular weight is 152 g/mol. The summed E-state index contributed by atoms with van der Waals surface area (Å²) >= 11 is 0. The maximum Gasteiger partial charge on any atom is -0.0294 e. The molecule has 0 atom stereocenters. The Kier molecular flexibility index (Phi) is 5.91. The zero-order valence-electron chi connectivity index (χ0n) is 8.22. The SMILES string of the molecule is C/C=C\C=C(/CC)CC(C)C. The van der Waals surface area contributed by atoms with Crippen LogP contribution in [0.2, 0.25) is 0 Å². The van der Waals surface area contributed by atoms with Crippen LogP contribution in [0.25, 0.3) is 0 Å². The molecule has 0 heterocycles. The van der Waals surface area contributed by atoms with Gasteiger partial charge in [-0.05, 0) is 25.7 Å². The minimum absolute atomic E-state index is 0.784. The van der Waals surface area contributed by atoms with Gasteiger partial charge in [-0.1, -0.05) is 44.6 Å². The van der Waals surface area contributed by atoms with Gasteiger partial charge in [0, 0.05) is 0 Å². The molecule has 0 spiro atoms. The Bertz CT molecular complexity index is 138. The first-order chi connectivity index (χ1) is 5.20. The average Bonchev–Trinajstić information content (AvgIpc) is 1.97. The summed E-state index contributed by atoms with van der Waals surface area (Å²) in [6, 6.07) is 0. The second-order valence-corrected chi connectivity index (χ2v) is 3.30. The molecule has 0 aliphatic heterocycles. The molecule has 0 radical (unpaired) electrons. The molecule has 0 saturated heterocycles. The van der Waals surface area contributed by atoms with Crippen molar-refractivity contribution < 1.29 is 0 Å². The zero-order chi connectivity index (χ0) is 8.69. The van der Waals surface area contributed by atoms with E-state index in [0.717, 1.165) is 5.92 Å². The summed E-state index contributed by atoms with van der Waals surface area (Å²) in [5.74, 6) is 0.784. The van der Waals surface area contributed by atoms with Gasteiger partial charge in [-0.2, -0.15) is 0 Å². The molecule has 0 rings (SSSR count). The Morgan fingerprint density at radius 2 is 2.00 bits per heavy atom. The highest BCUT2D eigenvalue weighted by atomic mass is 14.0. The molecule has 0 aliphatic carbocycles. The summed E-state index contributed by atoms with van der Waals surface area (Å²) in [7, 11) is 0. The van der Waals surface area contributed by atoms with Crippen molar-refractivity contribution in [3.63, 3.8) is 0 Å². The number of hydrogen-bond donors (Lipinski definition) is 0. The predicted octanol–water partition coefficient (Wildman–Crippen LogP) is 3.95. The van der Waals surface area contributed by atoms with Crippen LogP contribution in [-0.4, -0.2) is 0 Å². The fraction of sp³-hybridized carbons (Fsp3) is 0.636. The smallest absolute Gasteiger partial charge is 0.0294 e. The Morgan fingerprint density at radius 3 is 2.36 bits per heavy atom. The quantitative estimate of drug-likeness (QED) is 0.535. The first kappa shape index (κ1) is 10.5. The van der Waals surface area contributed by atoms with Gasteiger partial charge in [-0.15, -0.1) is 0 Å². The van der Waals surface area contributed by atoms with Crippen molar-refractivity contribution in [2.45, 2.75) is 40.5 Å². The van der Waals surface area contributed by atoms with Crippen LogP contribution in [0, 0.1) is 5.92 Å². The zero-order valence-corrected chi connectivity index (χ0v) is 8.22. The lowest BCUT2D eigenvalue weighted by atomic mass is 10.0. The monoisotopic (exact) mass is 152 g/mol. The fourth-order valence-electron chi connectivity index (χ4n) is 1.09. The molecule has 0 amide bonds. The minimum Gasteiger partial charge on any atom is -0.0877 e. The first-order valence-electron chi connectivity index (χ1n) is 4.51. The lowest BCUT2D eigenvalue weighted by Gasteiger charge is -2.05. The second-order valence-electron chi connectivity index (χ2n) is 3.30. The number of hydrogen-bond acceptors (Lipinski definition) is 0. The summed E-state index contributed by atoms with van der Waals surface area (Å²) in [5.41, 5.74) is 1.55. The standard InChI is InChI=1S/C11H20/c1-5-7-8-11(6-2)9-10(3)4/h5,7-8,10H,6,9H2,1-4H3/b7-5-,11-8+. The molecule has 0 aromatic carbocycles. The van der Waals surface area contributed by atoms with E-state index in [2.05, 4.69) is 45.9 Å². The first-order valence-corrected chi connectivity index (χ1v) is 4.51. The van der Waals surface area contributed by atoms with Crippen LogP contribution in [0.3, 0.4) is 0 Å². The van der Waals surface area contributed by atoms with Gasteiger partial charge in [-0.3, -0.25) is 0 Å². The van der Waals surface area contributed by atoms with Crippen molar-refractivity contribution in [1.82, 2.24) is 0 Å². The van der Waals surface area contributed by atoms with Crippen LogP contribution in [0.1, 0.15) is 40.5 Å². The van der Waals surface area contributed by atoms with E-state index in [1.807, 2.05) is 0 Å². The molecule has 0 saturated carbocycles. The van der Waals surface area contributed by atoms with Gasteiger partial charge in [0.15, 0.2) is 0 Å². The lowest BCUT2D eigenvalue weighted by Crippen LogP contribution is -1.89. The highest BCUT2D eigenvalue weighted by Gasteiger charge is 1.96. The minimum atomic E-state index is 0.784. The fourth-order valence-corrected chi connectivity index (χ4v) is 1.09. The van der Waals surface area contributed by atoms with Crippen LogP contribution in [0.4, 0.5) is 0 Å². The van der Waals surface area contributed by atoms with Crippen LogP contribution in [-0.2, 0) is 0 Å². The topological polar surface area (TPSA) is 0 Å². The van der Waals surface area contributed by atoms with Crippen LogP contribution >= 0.6 is 0 Å². The molecule has 0 aliphatic rings. The maximum absolute atomic E-state index is 2.26. The molecule has 0 unspecified atom stereocenters. The largest absolute Gasteiger partial charge is 0.0877 e. The van der Waals surface area contributed by atoms with E-state index in [-0.39, 0.29) is 0 Å². The third kappa shape index (κ3) is 5.90. The molecule has 11 heavy (non-hydrogen) atoms. The maximum atomic E-state index is 2.26. The summed E-state index contributed by atoms with van der Waals surface area (Å²) in [4.78, 5) is 0. The van der Waals surface area contributed by atoms with Crippen molar-refractivity contribution in [3.05, 3.63) is 23.8 Å². The third-order valence-corrected chi connectivity index (χ3v) is 1.65. The summed E-state index contributed by atoms with van der Waals surface area (Å²) in [5, 5.41) is 0. The summed E-state index contributed by atoms with van der Waals surface area (Å²) in [6.45, 7) is 8.80. The molecule has 0 nitrogen and oxygen atoms in total. The number of rotatable bonds is 4. The van der Waals surface area contributed by atoms with Gasteiger partial charge < -0.3 is 0 Å². The van der Waals surface area contributed by atoms with Gasteiger partial charge >= 0.3 is 0 Å². The van der Waals surface area contributed by atoms with E-state index in [1.54, 1.807) is 5.57 Å². The molecule has 0 bridgehead atoms. The summed E-state index contributed by atoms with van der Waals surface area (Å²) in [6.07, 6.45) is 8.86. The summed E-state index contributed by atoms with van der Waals surface area (Å²) < 4.78 is 0. The van der Waals surface area contributed by atoms with E-state index in [4.69, 9.17) is 0 Å². The Balaban J connectivity index is 3.94. The number of allylic oxidation sites excluding steroid dienone is 4. The van der Waals surface area contributed by atoms with Crippen molar-refractivity contribution in [2.24, 2.45) is 5.92 Å². The Morgan fingerprint density at radius 1 is 1.36 bits per heavy atom. The van der Waals surface area contributed by atoms with Crippen molar-refractivity contribution in [2.75, 3.05) is 0 Å². The normalized spacial score (nSPS) is 13.4. The Labute approximate surface area is 71.0 Å². The lowest BCUT2D eigenvalue weighted by molar-refractivity contribution is 0.630. The molecule has 0 aromatic rings. The molecule has 0 fully saturated rings. The van der Waals surface area contributed by atoms with E-state index in [0.29, 0.717) is 0 Å². The predicted molar refractivity (Wildman–Crippen MR) is 52.6 cm³/mol. The van der Waals surface area contributed by atoms with E-state index in [9.17, 15) is 0 Å².